The number of amides is 4. The summed E-state index contributed by atoms with van der Waals surface area (Å²) in [6, 6.07) is 5.09. The molecular weight excluding hydrogens is 478 g/mol. The van der Waals surface area contributed by atoms with Crippen molar-refractivity contribution in [3.05, 3.63) is 29.8 Å². The van der Waals surface area contributed by atoms with Crippen LogP contribution in [0.15, 0.2) is 24.3 Å². The van der Waals surface area contributed by atoms with Gasteiger partial charge in [-0.25, -0.2) is 4.79 Å². The first kappa shape index (κ1) is 26.7. The van der Waals surface area contributed by atoms with E-state index >= 15 is 0 Å². The molecule has 5 atom stereocenters. The lowest BCUT2D eigenvalue weighted by molar-refractivity contribution is -0.144. The topological polar surface area (TPSA) is 129 Å². The molecule has 0 unspecified atom stereocenters. The second-order valence-electron chi connectivity index (χ2n) is 9.77. The van der Waals surface area contributed by atoms with Crippen LogP contribution in [0.2, 0.25) is 0 Å². The van der Waals surface area contributed by atoms with E-state index in [1.54, 1.807) is 18.7 Å². The van der Waals surface area contributed by atoms with E-state index in [4.69, 9.17) is 9.47 Å². The zero-order chi connectivity index (χ0) is 26.5. The molecule has 3 aliphatic heterocycles. The predicted octanol–water partition coefficient (Wildman–Crippen LogP) is 0.941. The number of hydrogen-bond acceptors (Lipinski definition) is 7. The molecule has 0 aliphatic carbocycles. The summed E-state index contributed by atoms with van der Waals surface area (Å²) in [7, 11) is 1.48. The first-order valence-electron chi connectivity index (χ1n) is 13.1. The second-order valence-corrected chi connectivity index (χ2v) is 9.77. The Kier molecular flexibility index (Phi) is 8.52. The number of rotatable bonds is 6. The fourth-order valence-corrected chi connectivity index (χ4v) is 5.26. The van der Waals surface area contributed by atoms with E-state index in [2.05, 4.69) is 16.0 Å². The average Bonchev–Trinajstić information content (AvgIpc) is 3.32. The van der Waals surface area contributed by atoms with Crippen molar-refractivity contribution in [2.24, 2.45) is 0 Å². The number of nitrogens with one attached hydrogen (secondary N) is 3. The largest absolute Gasteiger partial charge is 0.493 e. The minimum atomic E-state index is -0.856. The van der Waals surface area contributed by atoms with Crippen molar-refractivity contribution in [2.75, 3.05) is 33.4 Å². The number of hydrogen-bond donors (Lipinski definition) is 3. The van der Waals surface area contributed by atoms with Crippen LogP contribution in [0.5, 0.6) is 5.75 Å². The molecule has 11 nitrogen and oxygen atoms in total. The molecule has 1 aromatic carbocycles. The molecule has 11 heteroatoms. The van der Waals surface area contributed by atoms with E-state index in [-0.39, 0.29) is 37.0 Å². The van der Waals surface area contributed by atoms with Crippen LogP contribution >= 0.6 is 0 Å². The van der Waals surface area contributed by atoms with Crippen molar-refractivity contribution >= 4 is 23.8 Å². The van der Waals surface area contributed by atoms with Gasteiger partial charge in [0.1, 0.15) is 23.9 Å². The highest BCUT2D eigenvalue weighted by Gasteiger charge is 2.44. The highest BCUT2D eigenvalue weighted by atomic mass is 16.6. The lowest BCUT2D eigenvalue weighted by Crippen LogP contribution is -2.61. The third-order valence-corrected chi connectivity index (χ3v) is 7.47. The van der Waals surface area contributed by atoms with Crippen LogP contribution in [-0.2, 0) is 19.1 Å². The fourth-order valence-electron chi connectivity index (χ4n) is 5.26. The van der Waals surface area contributed by atoms with Crippen molar-refractivity contribution in [1.29, 1.82) is 0 Å². The van der Waals surface area contributed by atoms with Gasteiger partial charge in [0.2, 0.25) is 17.7 Å². The van der Waals surface area contributed by atoms with Crippen LogP contribution in [0, 0.1) is 0 Å². The molecule has 0 spiro atoms. The van der Waals surface area contributed by atoms with Crippen LogP contribution in [0.4, 0.5) is 4.79 Å². The smallest absolute Gasteiger partial charge is 0.410 e. The fraction of sp³-hybridized carbons (Fsp3) is 0.615. The van der Waals surface area contributed by atoms with E-state index in [1.807, 2.05) is 24.3 Å². The van der Waals surface area contributed by atoms with Gasteiger partial charge >= 0.3 is 6.09 Å². The first-order valence-corrected chi connectivity index (χ1v) is 13.1. The predicted molar refractivity (Wildman–Crippen MR) is 135 cm³/mol. The molecule has 2 fully saturated rings. The molecule has 3 heterocycles. The van der Waals surface area contributed by atoms with Crippen LogP contribution < -0.4 is 20.7 Å². The minimum absolute atomic E-state index is 0.0861. The Labute approximate surface area is 217 Å². The summed E-state index contributed by atoms with van der Waals surface area (Å²) in [5, 5.41) is 9.17. The molecule has 202 valence electrons. The van der Waals surface area contributed by atoms with Crippen LogP contribution in [0.1, 0.15) is 51.1 Å². The van der Waals surface area contributed by atoms with Gasteiger partial charge in [0.25, 0.3) is 0 Å². The number of para-hydroxylation sites is 1. The maximum atomic E-state index is 13.7. The maximum Gasteiger partial charge on any atom is 0.410 e. The molecular formula is C26H37N5O6. The summed E-state index contributed by atoms with van der Waals surface area (Å²) in [6.07, 6.45) is 2.06. The minimum Gasteiger partial charge on any atom is -0.493 e. The SMILES string of the molecule is CCOC(=O)N(C)[C@@H](C)C(=O)N[C@H]1CNCC[C@H]2CC[C@@H](C(=O)N[C@@H]3CCOc4ccccc43)N2C1=O. The molecule has 4 amide bonds. The molecule has 4 rings (SSSR count). The summed E-state index contributed by atoms with van der Waals surface area (Å²) in [5.41, 5.74) is 0.935. The van der Waals surface area contributed by atoms with Gasteiger partial charge in [-0.2, -0.15) is 0 Å². The lowest BCUT2D eigenvalue weighted by atomic mass is 10.00. The molecule has 3 aliphatic rings. The standard InChI is InChI=1S/C26H37N5O6/c1-4-36-26(35)30(3)16(2)23(32)29-20-15-27-13-11-17-9-10-21(31(17)25(20)34)24(33)28-19-12-14-37-22-8-6-5-7-18(19)22/h5-8,16-17,19-21,27H,4,9-15H2,1-3H3,(H,28,33)(H,29,32)/t16-,17+,19+,20-,21-/m0/s1. The number of ether oxygens (including phenoxy) is 2. The number of carbonyl (C=O) groups is 4. The first-order chi connectivity index (χ1) is 17.8. The van der Waals surface area contributed by atoms with E-state index < -0.39 is 30.1 Å². The number of nitrogens with zero attached hydrogens (tertiary/aromatic N) is 2. The van der Waals surface area contributed by atoms with Crippen molar-refractivity contribution in [2.45, 2.75) is 69.7 Å². The lowest BCUT2D eigenvalue weighted by Gasteiger charge is -2.36. The monoisotopic (exact) mass is 515 g/mol. The Balaban J connectivity index is 1.45. The third kappa shape index (κ3) is 5.82. The van der Waals surface area contributed by atoms with Crippen molar-refractivity contribution in [3.8, 4) is 5.75 Å². The Morgan fingerprint density at radius 3 is 2.73 bits per heavy atom. The van der Waals surface area contributed by atoms with Gasteiger partial charge in [-0.3, -0.25) is 19.3 Å². The summed E-state index contributed by atoms with van der Waals surface area (Å²) >= 11 is 0. The Morgan fingerprint density at radius 2 is 1.95 bits per heavy atom. The van der Waals surface area contributed by atoms with Crippen LogP contribution in [-0.4, -0.2) is 91.1 Å². The quantitative estimate of drug-likeness (QED) is 0.514. The van der Waals surface area contributed by atoms with Crippen LogP contribution in [0.3, 0.4) is 0 Å². The summed E-state index contributed by atoms with van der Waals surface area (Å²) in [6.45, 7) is 4.88. The summed E-state index contributed by atoms with van der Waals surface area (Å²) in [5.74, 6) is -0.179. The van der Waals surface area contributed by atoms with E-state index in [0.29, 0.717) is 26.0 Å². The van der Waals surface area contributed by atoms with Gasteiger partial charge in [0.05, 0.1) is 19.3 Å². The normalized spacial score (nSPS) is 25.9. The Hall–Kier alpha value is -3.34. The summed E-state index contributed by atoms with van der Waals surface area (Å²) < 4.78 is 10.7. The molecule has 3 N–H and O–H groups in total. The number of benzene rings is 1. The molecule has 1 aromatic rings. The number of fused-ring (bicyclic) bond motifs is 2. The van der Waals surface area contributed by atoms with Gasteiger partial charge in [0.15, 0.2) is 0 Å². The molecule has 37 heavy (non-hydrogen) atoms. The van der Waals surface area contributed by atoms with Gasteiger partial charge in [-0.15, -0.1) is 0 Å². The van der Waals surface area contributed by atoms with E-state index in [1.165, 1.54) is 11.9 Å². The highest BCUT2D eigenvalue weighted by Crippen LogP contribution is 2.33. The van der Waals surface area contributed by atoms with Gasteiger partial charge < -0.3 is 30.3 Å². The maximum absolute atomic E-state index is 13.7. The number of carbonyl (C=O) groups excluding carboxylic acids is 4. The van der Waals surface area contributed by atoms with Crippen molar-refractivity contribution in [1.82, 2.24) is 25.8 Å². The molecule has 0 aromatic heterocycles. The molecule has 0 bridgehead atoms. The van der Waals surface area contributed by atoms with Crippen LogP contribution in [0.25, 0.3) is 0 Å². The third-order valence-electron chi connectivity index (χ3n) is 7.47. The second kappa shape index (κ2) is 11.8. The number of likely N-dealkylation sites (N-methyl/N-ethyl adjacent to an activating group) is 1. The highest BCUT2D eigenvalue weighted by molar-refractivity contribution is 5.94. The van der Waals surface area contributed by atoms with E-state index in [9.17, 15) is 19.2 Å². The van der Waals surface area contributed by atoms with Crippen molar-refractivity contribution < 1.29 is 28.7 Å². The van der Waals surface area contributed by atoms with Gasteiger partial charge in [0, 0.05) is 31.6 Å². The van der Waals surface area contributed by atoms with Crippen molar-refractivity contribution in [3.63, 3.8) is 0 Å². The molecule has 0 saturated carbocycles. The zero-order valence-electron chi connectivity index (χ0n) is 21.7. The molecule has 2 saturated heterocycles. The summed E-state index contributed by atoms with van der Waals surface area (Å²) in [4.78, 5) is 55.0. The zero-order valence-corrected chi connectivity index (χ0v) is 21.7. The average molecular weight is 516 g/mol. The van der Waals surface area contributed by atoms with Gasteiger partial charge in [-0.05, 0) is 45.7 Å². The Bertz CT molecular complexity index is 1020. The van der Waals surface area contributed by atoms with Gasteiger partial charge in [-0.1, -0.05) is 18.2 Å². The van der Waals surface area contributed by atoms with E-state index in [0.717, 1.165) is 24.2 Å². The Morgan fingerprint density at radius 1 is 1.16 bits per heavy atom. The molecule has 0 radical (unpaired) electrons.